The maximum atomic E-state index is 11.6. The summed E-state index contributed by atoms with van der Waals surface area (Å²) in [7, 11) is 3.61. The summed E-state index contributed by atoms with van der Waals surface area (Å²) in [5, 5.41) is 13.8. The van der Waals surface area contributed by atoms with Crippen molar-refractivity contribution in [3.63, 3.8) is 0 Å². The SMILES string of the molecule is CNC(=O)c1ccc(C[NH+](C)Cc2cc([N+](=O)[O-])cc3c2OCOC3)cc1. The van der Waals surface area contributed by atoms with Gasteiger partial charge in [-0.3, -0.25) is 14.9 Å². The van der Waals surface area contributed by atoms with Gasteiger partial charge in [0.1, 0.15) is 18.8 Å². The molecule has 3 rings (SSSR count). The van der Waals surface area contributed by atoms with E-state index in [-0.39, 0.29) is 18.4 Å². The van der Waals surface area contributed by atoms with E-state index < -0.39 is 4.92 Å². The van der Waals surface area contributed by atoms with Crippen molar-refractivity contribution in [3.8, 4) is 5.75 Å². The lowest BCUT2D eigenvalue weighted by atomic mass is 10.1. The van der Waals surface area contributed by atoms with E-state index in [2.05, 4.69) is 5.32 Å². The molecule has 1 unspecified atom stereocenters. The molecule has 2 aromatic rings. The van der Waals surface area contributed by atoms with E-state index >= 15 is 0 Å². The monoisotopic (exact) mass is 372 g/mol. The normalized spacial score (nSPS) is 14.0. The van der Waals surface area contributed by atoms with Crippen LogP contribution in [-0.2, 0) is 24.4 Å². The Hall–Kier alpha value is -2.97. The van der Waals surface area contributed by atoms with Gasteiger partial charge >= 0.3 is 0 Å². The van der Waals surface area contributed by atoms with Crippen LogP contribution >= 0.6 is 0 Å². The second-order valence-corrected chi connectivity index (χ2v) is 6.55. The average molecular weight is 372 g/mol. The van der Waals surface area contributed by atoms with Gasteiger partial charge in [0.05, 0.1) is 24.1 Å². The Labute approximate surface area is 156 Å². The molecule has 8 heteroatoms. The number of carbonyl (C=O) groups is 1. The Morgan fingerprint density at radius 1 is 1.26 bits per heavy atom. The number of nitro groups is 1. The molecule has 0 fully saturated rings. The molecule has 1 aliphatic rings. The molecule has 0 saturated heterocycles. The Balaban J connectivity index is 1.75. The molecule has 0 spiro atoms. The third kappa shape index (κ3) is 4.42. The van der Waals surface area contributed by atoms with Gasteiger partial charge < -0.3 is 19.7 Å². The maximum absolute atomic E-state index is 11.6. The number of nitrogens with zero attached hydrogens (tertiary/aromatic N) is 1. The lowest BCUT2D eigenvalue weighted by Crippen LogP contribution is -3.06. The minimum Gasteiger partial charge on any atom is -0.467 e. The molecule has 0 aliphatic carbocycles. The van der Waals surface area contributed by atoms with Gasteiger partial charge in [0, 0.05) is 35.9 Å². The number of carbonyl (C=O) groups excluding carboxylic acids is 1. The van der Waals surface area contributed by atoms with Gasteiger partial charge in [-0.15, -0.1) is 0 Å². The Bertz CT molecular complexity index is 851. The zero-order valence-corrected chi connectivity index (χ0v) is 15.3. The first-order valence-electron chi connectivity index (χ1n) is 8.61. The van der Waals surface area contributed by atoms with Gasteiger partial charge in [0.15, 0.2) is 6.79 Å². The van der Waals surface area contributed by atoms with Crippen molar-refractivity contribution >= 4 is 11.6 Å². The Morgan fingerprint density at radius 2 is 2.00 bits per heavy atom. The van der Waals surface area contributed by atoms with Crippen molar-refractivity contribution in [2.24, 2.45) is 0 Å². The van der Waals surface area contributed by atoms with Gasteiger partial charge in [-0.25, -0.2) is 0 Å². The number of quaternary nitrogens is 1. The summed E-state index contributed by atoms with van der Waals surface area (Å²) in [6.45, 7) is 1.74. The molecule has 0 saturated carbocycles. The number of fused-ring (bicyclic) bond motifs is 1. The molecule has 1 heterocycles. The third-order valence-electron chi connectivity index (χ3n) is 4.42. The number of amides is 1. The largest absolute Gasteiger partial charge is 0.467 e. The maximum Gasteiger partial charge on any atom is 0.270 e. The highest BCUT2D eigenvalue weighted by Crippen LogP contribution is 2.32. The van der Waals surface area contributed by atoms with Gasteiger partial charge in [0.25, 0.3) is 11.6 Å². The predicted octanol–water partition coefficient (Wildman–Crippen LogP) is 1.04. The number of hydrogen-bond acceptors (Lipinski definition) is 5. The zero-order chi connectivity index (χ0) is 19.4. The zero-order valence-electron chi connectivity index (χ0n) is 15.3. The van der Waals surface area contributed by atoms with Crippen molar-refractivity contribution in [1.29, 1.82) is 0 Å². The number of hydrogen-bond donors (Lipinski definition) is 2. The second kappa shape index (κ2) is 8.15. The molecular formula is C19H22N3O5+. The molecule has 27 heavy (non-hydrogen) atoms. The van der Waals surface area contributed by atoms with E-state index in [1.807, 2.05) is 19.2 Å². The average Bonchev–Trinajstić information content (AvgIpc) is 2.67. The minimum atomic E-state index is -0.398. The molecule has 1 aliphatic heterocycles. The molecule has 0 bridgehead atoms. The fraction of sp³-hybridized carbons (Fsp3) is 0.316. The molecule has 0 aromatic heterocycles. The molecule has 2 aromatic carbocycles. The summed E-state index contributed by atoms with van der Waals surface area (Å²) >= 11 is 0. The number of rotatable bonds is 6. The number of nitro benzene ring substituents is 1. The molecule has 1 amide bonds. The molecule has 142 valence electrons. The Morgan fingerprint density at radius 3 is 2.67 bits per heavy atom. The predicted molar refractivity (Wildman–Crippen MR) is 97.5 cm³/mol. The van der Waals surface area contributed by atoms with E-state index in [1.165, 1.54) is 6.07 Å². The molecule has 1 atom stereocenters. The fourth-order valence-electron chi connectivity index (χ4n) is 3.17. The summed E-state index contributed by atoms with van der Waals surface area (Å²) in [6.07, 6.45) is 0. The van der Waals surface area contributed by atoms with E-state index in [9.17, 15) is 14.9 Å². The summed E-state index contributed by atoms with van der Waals surface area (Å²) in [5.74, 6) is 0.561. The topological polar surface area (TPSA) is 95.1 Å². The Kier molecular flexibility index (Phi) is 5.68. The molecule has 8 nitrogen and oxygen atoms in total. The standard InChI is InChI=1S/C19H21N3O5/c1-20-19(23)14-5-3-13(4-6-14)9-21(2)10-15-7-17(22(24)25)8-16-11-26-12-27-18(15)16/h3-8H,9-12H2,1-2H3,(H,20,23)/p+1. The van der Waals surface area contributed by atoms with E-state index in [0.29, 0.717) is 36.6 Å². The first kappa shape index (κ1) is 18.8. The number of ether oxygens (including phenoxy) is 2. The van der Waals surface area contributed by atoms with E-state index in [4.69, 9.17) is 9.47 Å². The number of benzene rings is 2. The molecule has 0 radical (unpaired) electrons. The van der Waals surface area contributed by atoms with Crippen molar-refractivity contribution < 1.29 is 24.1 Å². The summed E-state index contributed by atoms with van der Waals surface area (Å²) < 4.78 is 10.8. The molecular weight excluding hydrogens is 350 g/mol. The van der Waals surface area contributed by atoms with Crippen molar-refractivity contribution in [2.75, 3.05) is 20.9 Å². The third-order valence-corrected chi connectivity index (χ3v) is 4.42. The van der Waals surface area contributed by atoms with Crippen LogP contribution in [0, 0.1) is 10.1 Å². The van der Waals surface area contributed by atoms with E-state index in [0.717, 1.165) is 16.0 Å². The van der Waals surface area contributed by atoms with Crippen LogP contribution in [-0.4, -0.2) is 31.7 Å². The van der Waals surface area contributed by atoms with Crippen molar-refractivity contribution in [2.45, 2.75) is 19.7 Å². The van der Waals surface area contributed by atoms with Crippen LogP contribution in [0.1, 0.15) is 27.0 Å². The summed E-state index contributed by atoms with van der Waals surface area (Å²) in [4.78, 5) is 23.6. The highest BCUT2D eigenvalue weighted by atomic mass is 16.7. The van der Waals surface area contributed by atoms with E-state index in [1.54, 1.807) is 25.2 Å². The highest BCUT2D eigenvalue weighted by molar-refractivity contribution is 5.93. The van der Waals surface area contributed by atoms with Gasteiger partial charge in [0.2, 0.25) is 0 Å². The fourth-order valence-corrected chi connectivity index (χ4v) is 3.17. The van der Waals surface area contributed by atoms with Gasteiger partial charge in [-0.1, -0.05) is 12.1 Å². The van der Waals surface area contributed by atoms with Crippen LogP contribution in [0.25, 0.3) is 0 Å². The van der Waals surface area contributed by atoms with Crippen molar-refractivity contribution in [3.05, 3.63) is 68.8 Å². The van der Waals surface area contributed by atoms with Crippen LogP contribution in [0.5, 0.6) is 5.75 Å². The number of non-ortho nitro benzene ring substituents is 1. The second-order valence-electron chi connectivity index (χ2n) is 6.55. The minimum absolute atomic E-state index is 0.0422. The first-order valence-corrected chi connectivity index (χ1v) is 8.61. The highest BCUT2D eigenvalue weighted by Gasteiger charge is 2.23. The lowest BCUT2D eigenvalue weighted by Gasteiger charge is -2.22. The summed E-state index contributed by atoms with van der Waals surface area (Å²) in [5.41, 5.74) is 3.22. The lowest BCUT2D eigenvalue weighted by molar-refractivity contribution is -0.907. The smallest absolute Gasteiger partial charge is 0.270 e. The quantitative estimate of drug-likeness (QED) is 0.584. The molecule has 2 N–H and O–H groups in total. The van der Waals surface area contributed by atoms with Gasteiger partial charge in [-0.2, -0.15) is 0 Å². The van der Waals surface area contributed by atoms with Crippen LogP contribution in [0.2, 0.25) is 0 Å². The van der Waals surface area contributed by atoms with Crippen LogP contribution in [0.3, 0.4) is 0 Å². The first-order chi connectivity index (χ1) is 13.0. The van der Waals surface area contributed by atoms with Crippen LogP contribution in [0.4, 0.5) is 5.69 Å². The van der Waals surface area contributed by atoms with Crippen molar-refractivity contribution in [1.82, 2.24) is 5.32 Å². The van der Waals surface area contributed by atoms with Crippen LogP contribution in [0.15, 0.2) is 36.4 Å². The van der Waals surface area contributed by atoms with Crippen LogP contribution < -0.4 is 15.0 Å². The summed E-state index contributed by atoms with van der Waals surface area (Å²) in [6, 6.07) is 10.5. The van der Waals surface area contributed by atoms with Gasteiger partial charge in [-0.05, 0) is 12.1 Å². The number of nitrogens with one attached hydrogen (secondary N) is 2.